The molecule has 0 heterocycles. The number of nitrogens with one attached hydrogen (secondary N) is 2. The summed E-state index contributed by atoms with van der Waals surface area (Å²) in [7, 11) is 0. The van der Waals surface area contributed by atoms with E-state index in [4.69, 9.17) is 0 Å². The summed E-state index contributed by atoms with van der Waals surface area (Å²) in [4.78, 5) is 23.4. The molecular formula is C14H18N4O2. The minimum Gasteiger partial charge on any atom is -0.267 e. The maximum absolute atomic E-state index is 11.7. The van der Waals surface area contributed by atoms with E-state index in [1.807, 2.05) is 0 Å². The van der Waals surface area contributed by atoms with Crippen LogP contribution in [0.3, 0.4) is 0 Å². The van der Waals surface area contributed by atoms with E-state index in [9.17, 15) is 9.59 Å². The molecule has 0 saturated heterocycles. The first-order valence-corrected chi connectivity index (χ1v) is 6.12. The fourth-order valence-corrected chi connectivity index (χ4v) is 1.23. The Labute approximate surface area is 118 Å². The molecule has 2 N–H and O–H groups in total. The third-order valence-corrected chi connectivity index (χ3v) is 2.17. The van der Waals surface area contributed by atoms with Gasteiger partial charge in [-0.15, -0.1) is 0 Å². The summed E-state index contributed by atoms with van der Waals surface area (Å²) < 4.78 is 0. The predicted octanol–water partition coefficient (Wildman–Crippen LogP) is 1.94. The predicted molar refractivity (Wildman–Crippen MR) is 78.9 cm³/mol. The van der Waals surface area contributed by atoms with Crippen LogP contribution in [0.25, 0.3) is 0 Å². The van der Waals surface area contributed by atoms with Gasteiger partial charge in [0.05, 0.1) is 0 Å². The number of rotatable bonds is 4. The Hall–Kier alpha value is -2.50. The number of benzene rings is 1. The molecule has 0 spiro atoms. The van der Waals surface area contributed by atoms with E-state index in [0.717, 1.165) is 11.4 Å². The second-order valence-corrected chi connectivity index (χ2v) is 4.58. The lowest BCUT2D eigenvalue weighted by atomic mass is 10.1. The smallest absolute Gasteiger partial charge is 0.267 e. The van der Waals surface area contributed by atoms with Crippen LogP contribution < -0.4 is 10.9 Å². The van der Waals surface area contributed by atoms with Gasteiger partial charge in [0.25, 0.3) is 11.8 Å². The highest BCUT2D eigenvalue weighted by molar-refractivity contribution is 5.98. The van der Waals surface area contributed by atoms with Gasteiger partial charge in [-0.05, 0) is 52.0 Å². The van der Waals surface area contributed by atoms with Crippen molar-refractivity contribution in [1.29, 1.82) is 0 Å². The van der Waals surface area contributed by atoms with Gasteiger partial charge in [-0.1, -0.05) is 0 Å². The van der Waals surface area contributed by atoms with Gasteiger partial charge in [-0.2, -0.15) is 10.2 Å². The highest BCUT2D eigenvalue weighted by Crippen LogP contribution is 2.04. The average Bonchev–Trinajstić information content (AvgIpc) is 2.42. The van der Waals surface area contributed by atoms with Gasteiger partial charge in [0, 0.05) is 22.6 Å². The Bertz CT molecular complexity index is 500. The highest BCUT2D eigenvalue weighted by Gasteiger charge is 2.07. The van der Waals surface area contributed by atoms with Gasteiger partial charge >= 0.3 is 0 Å². The van der Waals surface area contributed by atoms with Crippen molar-refractivity contribution in [3.05, 3.63) is 35.4 Å². The van der Waals surface area contributed by atoms with Gasteiger partial charge < -0.3 is 0 Å². The molecule has 0 radical (unpaired) electrons. The summed E-state index contributed by atoms with van der Waals surface area (Å²) >= 11 is 0. The zero-order valence-corrected chi connectivity index (χ0v) is 12.0. The Morgan fingerprint density at radius 2 is 1.05 bits per heavy atom. The lowest BCUT2D eigenvalue weighted by Gasteiger charge is -2.03. The summed E-state index contributed by atoms with van der Waals surface area (Å²) in [5.74, 6) is -0.638. The van der Waals surface area contributed by atoms with Crippen molar-refractivity contribution in [1.82, 2.24) is 10.9 Å². The van der Waals surface area contributed by atoms with Crippen LogP contribution in [0.1, 0.15) is 48.4 Å². The van der Waals surface area contributed by atoms with Crippen LogP contribution in [0.2, 0.25) is 0 Å². The minimum absolute atomic E-state index is 0.319. The molecular weight excluding hydrogens is 256 g/mol. The first-order valence-electron chi connectivity index (χ1n) is 6.12. The van der Waals surface area contributed by atoms with Crippen molar-refractivity contribution in [2.75, 3.05) is 0 Å². The fraction of sp³-hybridized carbons (Fsp3) is 0.286. The van der Waals surface area contributed by atoms with E-state index in [1.165, 1.54) is 0 Å². The topological polar surface area (TPSA) is 82.9 Å². The third kappa shape index (κ3) is 5.01. The van der Waals surface area contributed by atoms with Gasteiger partial charge in [0.1, 0.15) is 0 Å². The molecule has 0 unspecified atom stereocenters. The quantitative estimate of drug-likeness (QED) is 0.649. The molecule has 1 aromatic rings. The lowest BCUT2D eigenvalue weighted by Crippen LogP contribution is -2.20. The van der Waals surface area contributed by atoms with E-state index in [1.54, 1.807) is 52.0 Å². The van der Waals surface area contributed by atoms with Gasteiger partial charge in [-0.3, -0.25) is 9.59 Å². The molecule has 6 heteroatoms. The molecule has 6 nitrogen and oxygen atoms in total. The number of amides is 2. The van der Waals surface area contributed by atoms with Crippen LogP contribution in [-0.4, -0.2) is 23.2 Å². The molecule has 0 aliphatic rings. The van der Waals surface area contributed by atoms with Crippen LogP contribution in [0.4, 0.5) is 0 Å². The van der Waals surface area contributed by atoms with Crippen molar-refractivity contribution in [2.45, 2.75) is 27.7 Å². The zero-order valence-electron chi connectivity index (χ0n) is 12.0. The molecule has 0 aliphatic heterocycles. The monoisotopic (exact) mass is 274 g/mol. The number of carbonyl (C=O) groups excluding carboxylic acids is 2. The van der Waals surface area contributed by atoms with Crippen molar-refractivity contribution in [2.24, 2.45) is 10.2 Å². The first kappa shape index (κ1) is 15.6. The van der Waals surface area contributed by atoms with E-state index >= 15 is 0 Å². The third-order valence-electron chi connectivity index (χ3n) is 2.17. The maximum atomic E-state index is 11.7. The van der Waals surface area contributed by atoms with Crippen LogP contribution in [0.5, 0.6) is 0 Å². The van der Waals surface area contributed by atoms with Crippen molar-refractivity contribution >= 4 is 23.2 Å². The van der Waals surface area contributed by atoms with E-state index in [-0.39, 0.29) is 11.8 Å². The molecule has 0 fully saturated rings. The number of hydrazone groups is 2. The number of hydrogen-bond acceptors (Lipinski definition) is 4. The van der Waals surface area contributed by atoms with Gasteiger partial charge in [0.2, 0.25) is 0 Å². The Kier molecular flexibility index (Phi) is 5.58. The first-order chi connectivity index (χ1) is 9.40. The van der Waals surface area contributed by atoms with Gasteiger partial charge in [0.15, 0.2) is 0 Å². The van der Waals surface area contributed by atoms with E-state index < -0.39 is 0 Å². The van der Waals surface area contributed by atoms with Crippen LogP contribution in [-0.2, 0) is 0 Å². The summed E-state index contributed by atoms with van der Waals surface area (Å²) in [5.41, 5.74) is 7.20. The Morgan fingerprint density at radius 1 is 0.750 bits per heavy atom. The second-order valence-electron chi connectivity index (χ2n) is 4.58. The van der Waals surface area contributed by atoms with E-state index in [0.29, 0.717) is 11.1 Å². The molecule has 1 rings (SSSR count). The lowest BCUT2D eigenvalue weighted by molar-refractivity contribution is 0.0943. The van der Waals surface area contributed by atoms with E-state index in [2.05, 4.69) is 21.1 Å². The SMILES string of the molecule is CC(C)=NNC(=O)c1ccc(C(=O)NN=C(C)C)cc1. The number of carbonyl (C=O) groups is 2. The summed E-state index contributed by atoms with van der Waals surface area (Å²) in [5, 5.41) is 7.65. The normalized spacial score (nSPS) is 9.40. The Morgan fingerprint density at radius 3 is 1.30 bits per heavy atom. The molecule has 20 heavy (non-hydrogen) atoms. The molecule has 0 bridgehead atoms. The average molecular weight is 274 g/mol. The molecule has 0 atom stereocenters. The van der Waals surface area contributed by atoms with Crippen molar-refractivity contribution in [3.63, 3.8) is 0 Å². The second kappa shape index (κ2) is 7.18. The highest BCUT2D eigenvalue weighted by atomic mass is 16.2. The molecule has 0 aliphatic carbocycles. The standard InChI is InChI=1S/C14H18N4O2/c1-9(2)15-17-13(19)11-5-7-12(8-6-11)14(20)18-16-10(3)4/h5-8H,1-4H3,(H,17,19)(H,18,20). The van der Waals surface area contributed by atoms with Crippen LogP contribution in [0.15, 0.2) is 34.5 Å². The molecule has 1 aromatic carbocycles. The summed E-state index contributed by atoms with van der Waals surface area (Å²) in [6.45, 7) is 7.13. The Balaban J connectivity index is 2.73. The van der Waals surface area contributed by atoms with Crippen LogP contribution >= 0.6 is 0 Å². The van der Waals surface area contributed by atoms with Crippen LogP contribution in [0, 0.1) is 0 Å². The zero-order chi connectivity index (χ0) is 15.1. The number of nitrogens with zero attached hydrogens (tertiary/aromatic N) is 2. The molecule has 0 saturated carbocycles. The van der Waals surface area contributed by atoms with Gasteiger partial charge in [-0.25, -0.2) is 10.9 Å². The summed E-state index contributed by atoms with van der Waals surface area (Å²) in [6, 6.07) is 6.25. The largest absolute Gasteiger partial charge is 0.271 e. The maximum Gasteiger partial charge on any atom is 0.271 e. The number of hydrogen-bond donors (Lipinski definition) is 2. The molecule has 106 valence electrons. The fourth-order valence-electron chi connectivity index (χ4n) is 1.23. The van der Waals surface area contributed by atoms with Crippen molar-refractivity contribution in [3.8, 4) is 0 Å². The molecule has 2 amide bonds. The van der Waals surface area contributed by atoms with Crippen molar-refractivity contribution < 1.29 is 9.59 Å². The molecule has 0 aromatic heterocycles. The minimum atomic E-state index is -0.319. The summed E-state index contributed by atoms with van der Waals surface area (Å²) in [6.07, 6.45) is 0.